The molecule has 1 aliphatic heterocycles. The van der Waals surface area contributed by atoms with Gasteiger partial charge < -0.3 is 25.8 Å². The summed E-state index contributed by atoms with van der Waals surface area (Å²) in [5.41, 5.74) is 15.1. The molecular formula is C31H51N3O3. The highest BCUT2D eigenvalue weighted by atomic mass is 16.5. The minimum Gasteiger partial charge on any atom is -0.384 e. The number of carbonyl (C=O) groups is 1. The average Bonchev–Trinajstić information content (AvgIpc) is 3.67. The lowest BCUT2D eigenvalue weighted by Crippen LogP contribution is -2.56. The molecule has 7 rings (SSSR count). The molecule has 7 fully saturated rings. The zero-order chi connectivity index (χ0) is 25.4. The molecule has 6 saturated carbocycles. The van der Waals surface area contributed by atoms with E-state index in [-0.39, 0.29) is 17.4 Å². The zero-order valence-corrected chi connectivity index (χ0v) is 23.1. The second-order valence-electron chi connectivity index (χ2n) is 14.7. The smallest absolute Gasteiger partial charge is 0.225 e. The highest BCUT2D eigenvalue weighted by Crippen LogP contribution is 2.70. The van der Waals surface area contributed by atoms with E-state index in [1.807, 2.05) is 7.11 Å². The third-order valence-corrected chi connectivity index (χ3v) is 13.6. The van der Waals surface area contributed by atoms with E-state index >= 15 is 0 Å². The van der Waals surface area contributed by atoms with Crippen LogP contribution >= 0.6 is 0 Å². The Kier molecular flexibility index (Phi) is 6.46. The monoisotopic (exact) mass is 513 g/mol. The largest absolute Gasteiger partial charge is 0.384 e. The molecule has 208 valence electrons. The van der Waals surface area contributed by atoms with Gasteiger partial charge in [-0.25, -0.2) is 0 Å². The SMILES string of the molecule is COCC1CCC[C@]2(C1)[C@@H]1CC(C3CC4CC3[C@@H](N)C43CCCC(C(=O)N4CCOCC4)C3)[C@@H](C1)[C@H]2N. The van der Waals surface area contributed by atoms with Gasteiger partial charge in [0.05, 0.1) is 13.2 Å². The number of hydrogen-bond acceptors (Lipinski definition) is 5. The zero-order valence-electron chi connectivity index (χ0n) is 23.1. The van der Waals surface area contributed by atoms with Crippen LogP contribution in [-0.2, 0) is 14.3 Å². The fourth-order valence-corrected chi connectivity index (χ4v) is 12.1. The second-order valence-corrected chi connectivity index (χ2v) is 14.7. The van der Waals surface area contributed by atoms with Crippen molar-refractivity contribution in [3.8, 4) is 0 Å². The number of nitrogens with zero attached hydrogens (tertiary/aromatic N) is 1. The number of hydrogen-bond donors (Lipinski definition) is 2. The maximum atomic E-state index is 13.4. The van der Waals surface area contributed by atoms with Crippen LogP contribution in [0.1, 0.15) is 77.0 Å². The first-order chi connectivity index (χ1) is 18.0. The van der Waals surface area contributed by atoms with E-state index in [0.717, 1.165) is 56.2 Å². The van der Waals surface area contributed by atoms with E-state index in [2.05, 4.69) is 4.90 Å². The molecule has 1 amide bonds. The van der Waals surface area contributed by atoms with E-state index in [1.54, 1.807) is 0 Å². The minimum atomic E-state index is 0.179. The van der Waals surface area contributed by atoms with Crippen LogP contribution in [-0.4, -0.2) is 62.9 Å². The van der Waals surface area contributed by atoms with E-state index < -0.39 is 0 Å². The van der Waals surface area contributed by atoms with Crippen molar-refractivity contribution in [1.82, 2.24) is 4.90 Å². The van der Waals surface area contributed by atoms with E-state index in [1.165, 1.54) is 64.2 Å². The molecule has 6 aliphatic carbocycles. The minimum absolute atomic E-state index is 0.179. The summed E-state index contributed by atoms with van der Waals surface area (Å²) < 4.78 is 11.1. The van der Waals surface area contributed by atoms with E-state index in [4.69, 9.17) is 20.9 Å². The van der Waals surface area contributed by atoms with Gasteiger partial charge in [-0.2, -0.15) is 0 Å². The van der Waals surface area contributed by atoms with Crippen LogP contribution < -0.4 is 11.5 Å². The van der Waals surface area contributed by atoms with Crippen LogP contribution in [0.3, 0.4) is 0 Å². The van der Waals surface area contributed by atoms with Gasteiger partial charge in [0.1, 0.15) is 0 Å². The van der Waals surface area contributed by atoms with Gasteiger partial charge in [-0.3, -0.25) is 4.79 Å². The van der Waals surface area contributed by atoms with Crippen LogP contribution in [0.2, 0.25) is 0 Å². The second kappa shape index (κ2) is 9.45. The average molecular weight is 514 g/mol. The first-order valence-corrected chi connectivity index (χ1v) is 15.8. The summed E-state index contributed by atoms with van der Waals surface area (Å²) in [6.45, 7) is 3.82. The third-order valence-electron chi connectivity index (χ3n) is 13.6. The van der Waals surface area contributed by atoms with Crippen molar-refractivity contribution in [2.24, 2.45) is 69.6 Å². The molecule has 12 atom stereocenters. The molecule has 0 radical (unpaired) electrons. The number of rotatable bonds is 4. The van der Waals surface area contributed by atoms with Gasteiger partial charge in [0.15, 0.2) is 0 Å². The van der Waals surface area contributed by atoms with Crippen molar-refractivity contribution in [2.75, 3.05) is 40.0 Å². The molecule has 1 heterocycles. The molecule has 37 heavy (non-hydrogen) atoms. The summed E-state index contributed by atoms with van der Waals surface area (Å²) in [7, 11) is 1.86. The lowest BCUT2D eigenvalue weighted by molar-refractivity contribution is -0.143. The molecule has 2 spiro atoms. The molecule has 4 N–H and O–H groups in total. The molecule has 0 aromatic carbocycles. The van der Waals surface area contributed by atoms with Crippen molar-refractivity contribution in [2.45, 2.75) is 89.1 Å². The maximum absolute atomic E-state index is 13.4. The Labute approximate surface area is 223 Å². The van der Waals surface area contributed by atoms with Gasteiger partial charge in [-0.1, -0.05) is 12.8 Å². The summed E-state index contributed by atoms with van der Waals surface area (Å²) in [4.78, 5) is 15.5. The number of fused-ring (bicyclic) bond motifs is 6. The van der Waals surface area contributed by atoms with Gasteiger partial charge >= 0.3 is 0 Å². The molecule has 6 nitrogen and oxygen atoms in total. The summed E-state index contributed by atoms with van der Waals surface area (Å²) in [5, 5.41) is 0. The lowest BCUT2D eigenvalue weighted by Gasteiger charge is -2.53. The molecule has 7 aliphatic rings. The van der Waals surface area contributed by atoms with Crippen LogP contribution in [0.15, 0.2) is 0 Å². The molecule has 6 heteroatoms. The van der Waals surface area contributed by atoms with Crippen molar-refractivity contribution in [1.29, 1.82) is 0 Å². The Bertz CT molecular complexity index is 868. The third kappa shape index (κ3) is 3.74. The molecule has 4 bridgehead atoms. The van der Waals surface area contributed by atoms with E-state index in [0.29, 0.717) is 48.3 Å². The van der Waals surface area contributed by atoms with Gasteiger partial charge in [0.2, 0.25) is 5.91 Å². The van der Waals surface area contributed by atoms with Gasteiger partial charge in [-0.05, 0) is 116 Å². The van der Waals surface area contributed by atoms with E-state index in [9.17, 15) is 4.79 Å². The van der Waals surface area contributed by atoms with Gasteiger partial charge in [0, 0.05) is 44.8 Å². The first-order valence-electron chi connectivity index (χ1n) is 15.8. The summed E-state index contributed by atoms with van der Waals surface area (Å²) >= 11 is 0. The topological polar surface area (TPSA) is 90.8 Å². The maximum Gasteiger partial charge on any atom is 0.225 e. The molecule has 0 aromatic heterocycles. The summed E-state index contributed by atoms with van der Waals surface area (Å²) in [6.07, 6.45) is 15.3. The van der Waals surface area contributed by atoms with Crippen molar-refractivity contribution in [3.63, 3.8) is 0 Å². The Balaban J connectivity index is 1.03. The quantitative estimate of drug-likeness (QED) is 0.597. The number of ether oxygens (including phenoxy) is 2. The molecule has 0 aromatic rings. The van der Waals surface area contributed by atoms with Gasteiger partial charge in [-0.15, -0.1) is 0 Å². The van der Waals surface area contributed by atoms with Crippen LogP contribution in [0.4, 0.5) is 0 Å². The fourth-order valence-electron chi connectivity index (χ4n) is 12.1. The number of morpholine rings is 1. The van der Waals surface area contributed by atoms with Crippen LogP contribution in [0, 0.1) is 58.2 Å². The highest BCUT2D eigenvalue weighted by molar-refractivity contribution is 5.79. The number of nitrogens with two attached hydrogens (primary N) is 2. The predicted molar refractivity (Wildman–Crippen MR) is 143 cm³/mol. The Hall–Kier alpha value is -0.690. The number of carbonyl (C=O) groups excluding carboxylic acids is 1. The lowest BCUT2D eigenvalue weighted by atomic mass is 9.53. The number of amides is 1. The van der Waals surface area contributed by atoms with Crippen LogP contribution in [0.5, 0.6) is 0 Å². The van der Waals surface area contributed by atoms with Crippen molar-refractivity contribution < 1.29 is 14.3 Å². The predicted octanol–water partition coefficient (Wildman–Crippen LogP) is 3.81. The summed E-state index contributed by atoms with van der Waals surface area (Å²) in [6, 6.07) is 0.659. The highest BCUT2D eigenvalue weighted by Gasteiger charge is 2.67. The van der Waals surface area contributed by atoms with Crippen molar-refractivity contribution >= 4 is 5.91 Å². The molecule has 7 unspecified atom stereocenters. The number of methoxy groups -OCH3 is 1. The fraction of sp³-hybridized carbons (Fsp3) is 0.968. The standard InChI is InChI=1S/C31H51N3O3/c1-36-18-19-4-2-6-30(16-19)21-12-23(25(14-21)27(30)32)24-13-22-15-26(24)28(33)31(22)7-3-5-20(17-31)29(35)34-8-10-37-11-9-34/h19-28H,2-18,32-33H2,1H3/t19?,20?,21-,22?,23?,24?,25-,26?,27-,28-,30+,31?/m1/s1. The normalized spacial score (nSPS) is 53.0. The van der Waals surface area contributed by atoms with Gasteiger partial charge in [0.25, 0.3) is 0 Å². The summed E-state index contributed by atoms with van der Waals surface area (Å²) in [5.74, 6) is 5.75. The van der Waals surface area contributed by atoms with Crippen molar-refractivity contribution in [3.05, 3.63) is 0 Å². The Morgan fingerprint density at radius 2 is 1.43 bits per heavy atom. The Morgan fingerprint density at radius 1 is 0.865 bits per heavy atom. The Morgan fingerprint density at radius 3 is 2.03 bits per heavy atom. The van der Waals surface area contributed by atoms with Crippen LogP contribution in [0.25, 0.3) is 0 Å². The molecular weight excluding hydrogens is 462 g/mol. The first kappa shape index (κ1) is 25.3. The molecule has 1 saturated heterocycles.